The third kappa shape index (κ3) is 3.61. The fraction of sp³-hybridized carbons (Fsp3) is 0.231. The minimum Gasteiger partial charge on any atom is -0.472 e. The Morgan fingerprint density at radius 2 is 2.05 bits per heavy atom. The number of furan rings is 1. The highest BCUT2D eigenvalue weighted by Gasteiger charge is 2.17. The zero-order valence-electron chi connectivity index (χ0n) is 10.5. The first kappa shape index (κ1) is 15.1. The molecule has 2 rings (SSSR count). The van der Waals surface area contributed by atoms with E-state index in [0.29, 0.717) is 5.56 Å². The van der Waals surface area contributed by atoms with Gasteiger partial charge in [-0.25, -0.2) is 13.1 Å². The molecule has 0 spiro atoms. The van der Waals surface area contributed by atoms with Crippen LogP contribution in [0.2, 0.25) is 5.02 Å². The first-order valence-corrected chi connectivity index (χ1v) is 7.81. The molecule has 7 heteroatoms. The number of hydrogen-bond donors (Lipinski definition) is 2. The highest BCUT2D eigenvalue weighted by molar-refractivity contribution is 7.89. The van der Waals surface area contributed by atoms with E-state index in [2.05, 4.69) is 4.72 Å². The first-order valence-electron chi connectivity index (χ1n) is 5.95. The number of aliphatic hydroxyl groups is 1. The Kier molecular flexibility index (Phi) is 4.82. The average Bonchev–Trinajstić information content (AvgIpc) is 2.92. The molecule has 0 fully saturated rings. The number of rotatable bonds is 6. The second-order valence-electron chi connectivity index (χ2n) is 4.19. The molecule has 1 heterocycles. The summed E-state index contributed by atoms with van der Waals surface area (Å²) in [5.74, 6) is 0. The number of nitrogens with one attached hydrogen (secondary N) is 1. The van der Waals surface area contributed by atoms with Crippen LogP contribution < -0.4 is 4.72 Å². The van der Waals surface area contributed by atoms with Gasteiger partial charge in [0.25, 0.3) is 0 Å². The van der Waals surface area contributed by atoms with Gasteiger partial charge in [-0.05, 0) is 24.6 Å². The minimum absolute atomic E-state index is 0.0273. The van der Waals surface area contributed by atoms with E-state index in [0.717, 1.165) is 0 Å². The van der Waals surface area contributed by atoms with Crippen LogP contribution in [0.4, 0.5) is 0 Å². The van der Waals surface area contributed by atoms with Crippen molar-refractivity contribution in [3.63, 3.8) is 0 Å². The molecule has 108 valence electrons. The summed E-state index contributed by atoms with van der Waals surface area (Å²) < 4.78 is 31.3. The Hall–Kier alpha value is -1.34. The zero-order valence-corrected chi connectivity index (χ0v) is 12.1. The summed E-state index contributed by atoms with van der Waals surface area (Å²) in [7, 11) is -3.67. The van der Waals surface area contributed by atoms with Gasteiger partial charge in [0, 0.05) is 12.1 Å². The lowest BCUT2D eigenvalue weighted by Crippen LogP contribution is -2.26. The summed E-state index contributed by atoms with van der Waals surface area (Å²) >= 11 is 5.85. The van der Waals surface area contributed by atoms with Crippen LogP contribution in [0, 0.1) is 0 Å². The summed E-state index contributed by atoms with van der Waals surface area (Å²) in [5, 5.41) is 9.97. The van der Waals surface area contributed by atoms with E-state index in [-0.39, 0.29) is 22.9 Å². The summed E-state index contributed by atoms with van der Waals surface area (Å²) in [6, 6.07) is 7.83. The molecule has 0 bridgehead atoms. The van der Waals surface area contributed by atoms with Gasteiger partial charge in [0.2, 0.25) is 10.0 Å². The topological polar surface area (TPSA) is 79.5 Å². The maximum absolute atomic E-state index is 12.0. The first-order chi connectivity index (χ1) is 9.50. The Morgan fingerprint density at radius 1 is 1.30 bits per heavy atom. The highest BCUT2D eigenvalue weighted by Crippen LogP contribution is 2.21. The molecular formula is C13H14ClNO4S. The third-order valence-electron chi connectivity index (χ3n) is 2.76. The van der Waals surface area contributed by atoms with E-state index in [9.17, 15) is 13.5 Å². The lowest BCUT2D eigenvalue weighted by atomic mass is 10.1. The van der Waals surface area contributed by atoms with Gasteiger partial charge in [-0.1, -0.05) is 23.7 Å². The molecule has 0 saturated carbocycles. The van der Waals surface area contributed by atoms with Crippen molar-refractivity contribution in [1.29, 1.82) is 0 Å². The fourth-order valence-electron chi connectivity index (χ4n) is 1.70. The lowest BCUT2D eigenvalue weighted by molar-refractivity contribution is 0.168. The van der Waals surface area contributed by atoms with E-state index in [1.165, 1.54) is 24.7 Å². The summed E-state index contributed by atoms with van der Waals surface area (Å²) in [5.41, 5.74) is 0.613. The van der Waals surface area contributed by atoms with Gasteiger partial charge in [-0.3, -0.25) is 0 Å². The van der Waals surface area contributed by atoms with Crippen molar-refractivity contribution in [2.45, 2.75) is 17.4 Å². The minimum atomic E-state index is -3.67. The average molecular weight is 316 g/mol. The molecule has 1 atom stereocenters. The molecule has 1 aromatic heterocycles. The van der Waals surface area contributed by atoms with Gasteiger partial charge in [0.1, 0.15) is 4.90 Å². The molecule has 0 aliphatic rings. The molecule has 0 saturated heterocycles. The van der Waals surface area contributed by atoms with Crippen molar-refractivity contribution in [3.8, 4) is 0 Å². The van der Waals surface area contributed by atoms with Crippen LogP contribution in [0.3, 0.4) is 0 Å². The van der Waals surface area contributed by atoms with Crippen LogP contribution in [0.25, 0.3) is 0 Å². The van der Waals surface area contributed by atoms with Crippen molar-refractivity contribution in [3.05, 3.63) is 53.4 Å². The molecular weight excluding hydrogens is 302 g/mol. The second-order valence-corrected chi connectivity index (χ2v) is 6.33. The van der Waals surface area contributed by atoms with E-state index in [4.69, 9.17) is 16.0 Å². The van der Waals surface area contributed by atoms with Crippen molar-refractivity contribution >= 4 is 21.6 Å². The Labute approximate surface area is 122 Å². The smallest absolute Gasteiger partial charge is 0.242 e. The second kappa shape index (κ2) is 6.41. The van der Waals surface area contributed by atoms with Crippen LogP contribution in [0.1, 0.15) is 18.1 Å². The van der Waals surface area contributed by atoms with Gasteiger partial charge in [-0.15, -0.1) is 0 Å². The molecule has 0 aliphatic heterocycles. The maximum atomic E-state index is 12.0. The standard InChI is InChI=1S/C13H14ClNO4S/c14-11-3-1-2-4-13(11)20(17,18)15-7-5-12(16)10-6-8-19-9-10/h1-4,6,8-9,12,15-16H,5,7H2/t12-/m0/s1. The predicted octanol–water partition coefficient (Wildman–Crippen LogP) is 2.33. The molecule has 0 unspecified atom stereocenters. The van der Waals surface area contributed by atoms with E-state index in [1.54, 1.807) is 18.2 Å². The quantitative estimate of drug-likeness (QED) is 0.857. The Balaban J connectivity index is 1.95. The number of aliphatic hydroxyl groups excluding tert-OH is 1. The number of hydrogen-bond acceptors (Lipinski definition) is 4. The van der Waals surface area contributed by atoms with E-state index >= 15 is 0 Å². The molecule has 1 aromatic carbocycles. The Morgan fingerprint density at radius 3 is 2.70 bits per heavy atom. The molecule has 5 nitrogen and oxygen atoms in total. The normalized spacial score (nSPS) is 13.3. The third-order valence-corrected chi connectivity index (χ3v) is 4.72. The summed E-state index contributed by atoms with van der Waals surface area (Å²) in [6.07, 6.45) is 2.34. The number of halogens is 1. The number of sulfonamides is 1. The zero-order chi connectivity index (χ0) is 14.6. The Bertz CT molecular complexity index is 655. The summed E-state index contributed by atoms with van der Waals surface area (Å²) in [4.78, 5) is 0.0273. The monoisotopic (exact) mass is 315 g/mol. The van der Waals surface area contributed by atoms with Crippen LogP contribution in [-0.4, -0.2) is 20.1 Å². The van der Waals surface area contributed by atoms with E-state index in [1.807, 2.05) is 0 Å². The summed E-state index contributed by atoms with van der Waals surface area (Å²) in [6.45, 7) is 0.0971. The van der Waals surface area contributed by atoms with Crippen molar-refractivity contribution in [1.82, 2.24) is 4.72 Å². The maximum Gasteiger partial charge on any atom is 0.242 e. The van der Waals surface area contributed by atoms with Crippen molar-refractivity contribution < 1.29 is 17.9 Å². The van der Waals surface area contributed by atoms with Crippen molar-refractivity contribution in [2.75, 3.05) is 6.54 Å². The molecule has 0 aliphatic carbocycles. The van der Waals surface area contributed by atoms with Crippen LogP contribution >= 0.6 is 11.6 Å². The fourth-order valence-corrected chi connectivity index (χ4v) is 3.27. The van der Waals surface area contributed by atoms with Crippen LogP contribution in [0.15, 0.2) is 52.2 Å². The van der Waals surface area contributed by atoms with Crippen LogP contribution in [-0.2, 0) is 10.0 Å². The van der Waals surface area contributed by atoms with Gasteiger partial charge < -0.3 is 9.52 Å². The van der Waals surface area contributed by atoms with Gasteiger partial charge in [0.05, 0.1) is 23.7 Å². The molecule has 20 heavy (non-hydrogen) atoms. The van der Waals surface area contributed by atoms with Crippen LogP contribution in [0.5, 0.6) is 0 Å². The molecule has 0 radical (unpaired) electrons. The van der Waals surface area contributed by atoms with Gasteiger partial charge in [-0.2, -0.15) is 0 Å². The largest absolute Gasteiger partial charge is 0.472 e. The lowest BCUT2D eigenvalue weighted by Gasteiger charge is -2.10. The predicted molar refractivity (Wildman–Crippen MR) is 74.9 cm³/mol. The molecule has 0 amide bonds. The highest BCUT2D eigenvalue weighted by atomic mass is 35.5. The molecule has 2 N–H and O–H groups in total. The molecule has 2 aromatic rings. The SMILES string of the molecule is O=S(=O)(NCC[C@H](O)c1ccoc1)c1ccccc1Cl. The van der Waals surface area contributed by atoms with Gasteiger partial charge >= 0.3 is 0 Å². The number of benzene rings is 1. The van der Waals surface area contributed by atoms with E-state index < -0.39 is 16.1 Å². The van der Waals surface area contributed by atoms with Crippen molar-refractivity contribution in [2.24, 2.45) is 0 Å². The van der Waals surface area contributed by atoms with Gasteiger partial charge in [0.15, 0.2) is 0 Å².